The minimum atomic E-state index is -2.04. The van der Waals surface area contributed by atoms with Crippen LogP contribution in [-0.2, 0) is 62.3 Å². The molecule has 0 aliphatic heterocycles. The van der Waals surface area contributed by atoms with Crippen LogP contribution in [0.1, 0.15) is 12.8 Å². The topological polar surface area (TPSA) is 504 Å². The molecular weight excluding hydrogens is 1230 g/mol. The van der Waals surface area contributed by atoms with Crippen LogP contribution in [-0.4, -0.2) is 449 Å². The molecular formula is C54H99N15O23. The van der Waals surface area contributed by atoms with Crippen LogP contribution in [0.2, 0.25) is 0 Å². The van der Waals surface area contributed by atoms with Crippen LogP contribution in [0, 0.1) is 0 Å². The average Bonchev–Trinajstić information content (AvgIpc) is 1.72. The molecule has 0 rings (SSSR count). The average molecular weight is 1330 g/mol. The molecule has 13 N–H and O–H groups in total. The minimum absolute atomic E-state index is 0.164. The van der Waals surface area contributed by atoms with E-state index in [2.05, 4.69) is 5.32 Å². The Labute approximate surface area is 534 Å². The summed E-state index contributed by atoms with van der Waals surface area (Å²) in [5.41, 5.74) is 5.43. The van der Waals surface area contributed by atoms with Gasteiger partial charge in [-0.1, -0.05) is 0 Å². The maximum Gasteiger partial charge on any atom is 0.242 e. The Morgan fingerprint density at radius 1 is 0.315 bits per heavy atom. The van der Waals surface area contributed by atoms with Gasteiger partial charge in [0.25, 0.3) is 0 Å². The second-order valence-electron chi connectivity index (χ2n) is 22.6. The number of nitrogens with one attached hydrogen (secondary N) is 1. The Kier molecular flexibility index (Phi) is 38.6. The summed E-state index contributed by atoms with van der Waals surface area (Å²) in [4.78, 5) is 181. The van der Waals surface area contributed by atoms with E-state index in [9.17, 15) is 103 Å². The number of nitrogens with zero attached hydrogens (tertiary/aromatic N) is 13. The molecule has 0 aromatic heterocycles. The first kappa shape index (κ1) is 84.6. The Morgan fingerprint density at radius 2 is 0.511 bits per heavy atom. The van der Waals surface area contributed by atoms with Crippen molar-refractivity contribution in [3.05, 3.63) is 0 Å². The highest BCUT2D eigenvalue weighted by molar-refractivity contribution is 5.94. The molecule has 92 heavy (non-hydrogen) atoms. The molecule has 0 heterocycles. The van der Waals surface area contributed by atoms with Crippen molar-refractivity contribution in [2.45, 2.75) is 61.7 Å². The zero-order chi connectivity index (χ0) is 71.2. The lowest BCUT2D eigenvalue weighted by Crippen LogP contribution is -2.54. The van der Waals surface area contributed by atoms with Gasteiger partial charge in [-0.05, 0) is 13.0 Å². The van der Waals surface area contributed by atoms with Crippen LogP contribution in [0.15, 0.2) is 0 Å². The zero-order valence-corrected chi connectivity index (χ0v) is 54.6. The van der Waals surface area contributed by atoms with Crippen molar-refractivity contribution in [3.8, 4) is 0 Å². The number of nitrogens with two attached hydrogens (primary N) is 1. The summed E-state index contributed by atoms with van der Waals surface area (Å²) in [7, 11) is 15.6. The van der Waals surface area contributed by atoms with Gasteiger partial charge in [0.05, 0.1) is 104 Å². The lowest BCUT2D eigenvalue weighted by atomic mass is 10.0. The molecule has 0 aromatic carbocycles. The van der Waals surface area contributed by atoms with Crippen LogP contribution < -0.4 is 11.1 Å². The summed E-state index contributed by atoms with van der Waals surface area (Å²) in [5, 5.41) is 102. The van der Waals surface area contributed by atoms with E-state index in [-0.39, 0.29) is 32.0 Å². The van der Waals surface area contributed by atoms with Crippen molar-refractivity contribution >= 4 is 76.8 Å². The number of rotatable bonds is 42. The van der Waals surface area contributed by atoms with E-state index in [0.29, 0.717) is 13.0 Å². The van der Waals surface area contributed by atoms with Crippen molar-refractivity contribution in [1.82, 2.24) is 69.0 Å². The minimum Gasteiger partial charge on any atom is -0.394 e. The molecule has 38 nitrogen and oxygen atoms in total. The van der Waals surface area contributed by atoms with Crippen molar-refractivity contribution in [3.63, 3.8) is 0 Å². The molecule has 0 aromatic rings. The first-order valence-electron chi connectivity index (χ1n) is 28.9. The van der Waals surface area contributed by atoms with Gasteiger partial charge >= 0.3 is 0 Å². The van der Waals surface area contributed by atoms with Crippen LogP contribution >= 0.6 is 0 Å². The third-order valence-corrected chi connectivity index (χ3v) is 14.5. The van der Waals surface area contributed by atoms with Gasteiger partial charge in [0, 0.05) is 117 Å². The van der Waals surface area contributed by atoms with E-state index in [1.54, 1.807) is 0 Å². The number of aliphatic hydroxyl groups is 10. The third-order valence-electron chi connectivity index (χ3n) is 14.5. The van der Waals surface area contributed by atoms with E-state index < -0.39 is 218 Å². The van der Waals surface area contributed by atoms with Crippen molar-refractivity contribution < 1.29 is 113 Å². The Bertz CT molecular complexity index is 2440. The number of amides is 13. The molecule has 8 atom stereocenters. The summed E-state index contributed by atoms with van der Waals surface area (Å²) in [6.07, 6.45) is -14.9. The molecule has 0 aliphatic carbocycles. The Hall–Kier alpha value is -7.37. The largest absolute Gasteiger partial charge is 0.394 e. The van der Waals surface area contributed by atoms with Crippen LogP contribution in [0.5, 0.6) is 0 Å². The molecule has 0 fully saturated rings. The third kappa shape index (κ3) is 30.4. The van der Waals surface area contributed by atoms with Gasteiger partial charge in [0.2, 0.25) is 76.8 Å². The fourth-order valence-corrected chi connectivity index (χ4v) is 7.82. The SMILES string of the molecule is CN(CC(=O)NCCN(C[C@H](O)[C@@H](O)[C@@H](O)[C@@H](O)CO)C[C@H](O)[C@@H](O)[C@H](O)[C@H](O)CO)C(=O)CN(C)C(=O)CN(C)C(=O)CN(C)C(=O)CN(C)C(=O)CN(C)C(=O)CN(C)C(=O)CN(C)C(=O)CN(C)C(=O)CN(C)C(=O)CN(C)C(=O)CN(C)C(=O)CCCN. The normalized spacial score (nSPS) is 13.7. The predicted molar refractivity (Wildman–Crippen MR) is 322 cm³/mol. The van der Waals surface area contributed by atoms with Gasteiger partial charge in [-0.2, -0.15) is 0 Å². The smallest absolute Gasteiger partial charge is 0.242 e. The lowest BCUT2D eigenvalue weighted by Gasteiger charge is -2.33. The van der Waals surface area contributed by atoms with Gasteiger partial charge in [-0.3, -0.25) is 67.2 Å². The first-order valence-corrected chi connectivity index (χ1v) is 28.9. The van der Waals surface area contributed by atoms with Crippen molar-refractivity contribution in [2.24, 2.45) is 5.73 Å². The molecule has 0 unspecified atom stereocenters. The van der Waals surface area contributed by atoms with Crippen molar-refractivity contribution in [2.75, 3.05) is 209 Å². The van der Waals surface area contributed by atoms with E-state index in [4.69, 9.17) is 15.9 Å². The zero-order valence-electron chi connectivity index (χ0n) is 54.6. The predicted octanol–water partition coefficient (Wildman–Crippen LogP) is -13.5. The number of hydrogen-bond acceptors (Lipinski definition) is 25. The van der Waals surface area contributed by atoms with Gasteiger partial charge in [0.15, 0.2) is 0 Å². The van der Waals surface area contributed by atoms with E-state index >= 15 is 0 Å². The Morgan fingerprint density at radius 3 is 0.717 bits per heavy atom. The second-order valence-corrected chi connectivity index (χ2v) is 22.6. The molecule has 13 amide bonds. The number of likely N-dealkylation sites (N-methyl/N-ethyl adjacent to an activating group) is 12. The highest BCUT2D eigenvalue weighted by Crippen LogP contribution is 2.12. The molecule has 0 saturated carbocycles. The highest BCUT2D eigenvalue weighted by atomic mass is 16.4. The Balaban J connectivity index is 5.14. The summed E-state index contributed by atoms with van der Waals surface area (Å²) in [6, 6.07) is 0. The highest BCUT2D eigenvalue weighted by Gasteiger charge is 2.35. The first-order chi connectivity index (χ1) is 42.6. The van der Waals surface area contributed by atoms with Crippen LogP contribution in [0.4, 0.5) is 0 Å². The molecule has 0 saturated heterocycles. The second kappa shape index (κ2) is 42.0. The molecule has 0 radical (unpaired) electrons. The summed E-state index contributed by atoms with van der Waals surface area (Å²) in [6.45, 7) is -9.33. The summed E-state index contributed by atoms with van der Waals surface area (Å²) < 4.78 is 0. The molecule has 0 aliphatic rings. The van der Waals surface area contributed by atoms with Gasteiger partial charge in [0.1, 0.15) is 36.6 Å². The number of carbonyl (C=O) groups excluding carboxylic acids is 13. The van der Waals surface area contributed by atoms with E-state index in [1.807, 2.05) is 0 Å². The van der Waals surface area contributed by atoms with E-state index in [1.165, 1.54) is 89.5 Å². The number of hydrogen-bond donors (Lipinski definition) is 12. The summed E-state index contributed by atoms with van der Waals surface area (Å²) >= 11 is 0. The standard InChI is InChI=1S/C54H99N15O23/c1-57(20-38(76)56-16-17-69(18-34(72)51(89)53(91)36(74)32-70)19-35(73)52(90)54(92)37(75)33-71)40(78)22-59(3)42(80)24-61(5)44(82)26-63(7)46(84)28-65(9)48(86)30-67(11)50(88)31-68(12)49(87)29-66(10)47(85)27-64(8)45(83)25-62(6)43(81)23-60(4)41(79)21-58(2)39(77)14-13-15-55/h34-37,51-54,70-75,89-92H,13-33,55H2,1-12H3,(H,56,76)/t34-,35-,36-,37+,51+,52+,53-,54+/m0/s1. The molecule has 38 heteroatoms. The van der Waals surface area contributed by atoms with Crippen LogP contribution in [0.25, 0.3) is 0 Å². The molecule has 528 valence electrons. The molecule has 0 bridgehead atoms. The molecule has 0 spiro atoms. The maximum absolute atomic E-state index is 13.1. The maximum atomic E-state index is 13.1. The van der Waals surface area contributed by atoms with Gasteiger partial charge in [-0.25, -0.2) is 0 Å². The van der Waals surface area contributed by atoms with Crippen LogP contribution in [0.3, 0.4) is 0 Å². The summed E-state index contributed by atoms with van der Waals surface area (Å²) in [5.74, 6) is -8.40. The van der Waals surface area contributed by atoms with Crippen molar-refractivity contribution in [1.29, 1.82) is 0 Å². The number of aliphatic hydroxyl groups excluding tert-OH is 10. The monoisotopic (exact) mass is 1330 g/mol. The quantitative estimate of drug-likeness (QED) is 0.0270. The number of carbonyl (C=O) groups is 13. The van der Waals surface area contributed by atoms with Gasteiger partial charge < -0.3 is 121 Å². The lowest BCUT2D eigenvalue weighted by molar-refractivity contribution is -0.146. The van der Waals surface area contributed by atoms with E-state index in [0.717, 1.165) is 58.8 Å². The van der Waals surface area contributed by atoms with Gasteiger partial charge in [-0.15, -0.1) is 0 Å². The fraction of sp³-hybridized carbons (Fsp3) is 0.759. The fourth-order valence-electron chi connectivity index (χ4n) is 7.82.